The topological polar surface area (TPSA) is 116 Å². The van der Waals surface area contributed by atoms with Crippen molar-refractivity contribution in [3.05, 3.63) is 0 Å². The van der Waals surface area contributed by atoms with Gasteiger partial charge >= 0.3 is 6.09 Å². The van der Waals surface area contributed by atoms with Crippen molar-refractivity contribution in [2.75, 3.05) is 13.1 Å². The van der Waals surface area contributed by atoms with Gasteiger partial charge in [-0.1, -0.05) is 19.3 Å². The smallest absolute Gasteiger partial charge is 0.414 e. The fourth-order valence-electron chi connectivity index (χ4n) is 5.10. The summed E-state index contributed by atoms with van der Waals surface area (Å²) in [6.07, 6.45) is 9.07. The van der Waals surface area contributed by atoms with Crippen molar-refractivity contribution in [1.82, 2.24) is 15.3 Å². The highest BCUT2D eigenvalue weighted by Crippen LogP contribution is 2.34. The van der Waals surface area contributed by atoms with Gasteiger partial charge in [0.1, 0.15) is 12.1 Å². The van der Waals surface area contributed by atoms with Crippen LogP contribution < -0.4 is 5.32 Å². The predicted molar refractivity (Wildman–Crippen MR) is 106 cm³/mol. The lowest BCUT2D eigenvalue weighted by Gasteiger charge is -2.31. The van der Waals surface area contributed by atoms with Crippen LogP contribution in [0.3, 0.4) is 0 Å². The molecule has 9 nitrogen and oxygen atoms in total. The SMILES string of the molecule is O=CN(O)CC(C(=O)N1CCC[C@H]1C(=O)NC(=O)OC1CCCCC1)C1CCCC1. The van der Waals surface area contributed by atoms with Crippen molar-refractivity contribution in [3.8, 4) is 0 Å². The Morgan fingerprint density at radius 2 is 1.70 bits per heavy atom. The number of likely N-dealkylation sites (tertiary alicyclic amines) is 1. The van der Waals surface area contributed by atoms with E-state index in [1.807, 2.05) is 0 Å². The molecule has 1 aliphatic heterocycles. The van der Waals surface area contributed by atoms with E-state index in [1.54, 1.807) is 0 Å². The first-order valence-electron chi connectivity index (χ1n) is 11.2. The molecule has 1 heterocycles. The molecular formula is C21H33N3O6. The van der Waals surface area contributed by atoms with E-state index < -0.39 is 24.0 Å². The second kappa shape index (κ2) is 10.7. The molecule has 0 spiro atoms. The number of hydrogen-bond acceptors (Lipinski definition) is 6. The van der Waals surface area contributed by atoms with Crippen molar-refractivity contribution < 1.29 is 29.1 Å². The summed E-state index contributed by atoms with van der Waals surface area (Å²) in [7, 11) is 0. The number of imide groups is 1. The molecule has 0 radical (unpaired) electrons. The second-order valence-corrected chi connectivity index (χ2v) is 8.72. The third kappa shape index (κ3) is 5.71. The average molecular weight is 424 g/mol. The van der Waals surface area contributed by atoms with E-state index in [1.165, 1.54) is 4.90 Å². The first-order chi connectivity index (χ1) is 14.5. The normalized spacial score (nSPS) is 23.8. The predicted octanol–water partition coefficient (Wildman–Crippen LogP) is 2.22. The summed E-state index contributed by atoms with van der Waals surface area (Å²) in [6, 6.07) is -0.733. The minimum absolute atomic E-state index is 0.0766. The number of rotatable bonds is 7. The molecule has 0 aromatic rings. The Labute approximate surface area is 177 Å². The van der Waals surface area contributed by atoms with Gasteiger partial charge in [-0.2, -0.15) is 0 Å². The van der Waals surface area contributed by atoms with Gasteiger partial charge in [0.2, 0.25) is 12.3 Å². The maximum Gasteiger partial charge on any atom is 0.414 e. The van der Waals surface area contributed by atoms with E-state index in [0.29, 0.717) is 30.9 Å². The number of hydroxylamine groups is 2. The Balaban J connectivity index is 1.60. The molecule has 2 aliphatic carbocycles. The van der Waals surface area contributed by atoms with Crippen LogP contribution in [-0.4, -0.2) is 64.7 Å². The molecule has 1 unspecified atom stereocenters. The molecule has 1 saturated heterocycles. The standard InChI is InChI=1S/C21H33N3O6/c25-14-23(29)13-17(15-7-4-5-8-15)20(27)24-12-6-11-18(24)19(26)22-21(28)30-16-9-2-1-3-10-16/h14-18,29H,1-13H2,(H,22,26,28)/t17?,18-/m0/s1. The van der Waals surface area contributed by atoms with E-state index in [9.17, 15) is 24.4 Å². The zero-order valence-electron chi connectivity index (χ0n) is 17.5. The van der Waals surface area contributed by atoms with E-state index in [2.05, 4.69) is 5.32 Å². The lowest BCUT2D eigenvalue weighted by Crippen LogP contribution is -2.51. The lowest BCUT2D eigenvalue weighted by atomic mass is 9.89. The van der Waals surface area contributed by atoms with Crippen LogP contribution in [0.2, 0.25) is 0 Å². The van der Waals surface area contributed by atoms with Crippen LogP contribution in [0.25, 0.3) is 0 Å². The van der Waals surface area contributed by atoms with Gasteiger partial charge in [0.05, 0.1) is 12.5 Å². The first kappa shape index (κ1) is 22.5. The van der Waals surface area contributed by atoms with Gasteiger partial charge < -0.3 is 9.64 Å². The highest BCUT2D eigenvalue weighted by Gasteiger charge is 2.41. The van der Waals surface area contributed by atoms with Crippen molar-refractivity contribution in [2.24, 2.45) is 11.8 Å². The molecule has 0 aromatic heterocycles. The summed E-state index contributed by atoms with van der Waals surface area (Å²) in [4.78, 5) is 50.5. The summed E-state index contributed by atoms with van der Waals surface area (Å²) >= 11 is 0. The van der Waals surface area contributed by atoms with Crippen LogP contribution in [-0.2, 0) is 19.1 Å². The van der Waals surface area contributed by atoms with Gasteiger partial charge in [-0.15, -0.1) is 0 Å². The monoisotopic (exact) mass is 423 g/mol. The zero-order valence-corrected chi connectivity index (χ0v) is 17.5. The van der Waals surface area contributed by atoms with Crippen molar-refractivity contribution in [3.63, 3.8) is 0 Å². The summed E-state index contributed by atoms with van der Waals surface area (Å²) in [6.45, 7) is 0.339. The molecule has 3 aliphatic rings. The Morgan fingerprint density at radius 1 is 1.03 bits per heavy atom. The van der Waals surface area contributed by atoms with E-state index in [-0.39, 0.29) is 24.5 Å². The minimum atomic E-state index is -0.749. The van der Waals surface area contributed by atoms with E-state index in [0.717, 1.165) is 57.8 Å². The summed E-state index contributed by atoms with van der Waals surface area (Å²) in [5.41, 5.74) is 0. The van der Waals surface area contributed by atoms with Gasteiger partial charge in [-0.3, -0.25) is 24.9 Å². The van der Waals surface area contributed by atoms with Crippen LogP contribution in [0.4, 0.5) is 4.79 Å². The fraction of sp³-hybridized carbons (Fsp3) is 0.810. The maximum absolute atomic E-state index is 13.3. The molecule has 3 rings (SSSR count). The van der Waals surface area contributed by atoms with E-state index in [4.69, 9.17) is 4.74 Å². The number of alkyl carbamates (subject to hydrolysis) is 1. The molecule has 9 heteroatoms. The summed E-state index contributed by atoms with van der Waals surface area (Å²) in [5, 5.41) is 12.5. The number of nitrogens with zero attached hydrogens (tertiary/aromatic N) is 2. The van der Waals surface area contributed by atoms with Gasteiger partial charge in [0, 0.05) is 6.54 Å². The molecule has 4 amide bonds. The first-order valence-corrected chi connectivity index (χ1v) is 11.2. The molecule has 0 aromatic carbocycles. The van der Waals surface area contributed by atoms with Gasteiger partial charge in [0.15, 0.2) is 0 Å². The van der Waals surface area contributed by atoms with Gasteiger partial charge in [-0.25, -0.2) is 9.86 Å². The van der Waals surface area contributed by atoms with Crippen molar-refractivity contribution in [1.29, 1.82) is 0 Å². The molecule has 30 heavy (non-hydrogen) atoms. The Kier molecular flexibility index (Phi) is 8.07. The van der Waals surface area contributed by atoms with Crippen LogP contribution >= 0.6 is 0 Å². The molecule has 2 N–H and O–H groups in total. The number of carbonyl (C=O) groups excluding carboxylic acids is 4. The number of nitrogens with one attached hydrogen (secondary N) is 1. The third-order valence-electron chi connectivity index (χ3n) is 6.68. The molecule has 168 valence electrons. The fourth-order valence-corrected chi connectivity index (χ4v) is 5.10. The highest BCUT2D eigenvalue weighted by atomic mass is 16.6. The zero-order chi connectivity index (χ0) is 21.5. The Morgan fingerprint density at radius 3 is 2.37 bits per heavy atom. The highest BCUT2D eigenvalue weighted by molar-refractivity contribution is 5.97. The van der Waals surface area contributed by atoms with Gasteiger partial charge in [0.25, 0.3) is 5.91 Å². The Hall–Kier alpha value is -2.16. The molecule has 2 atom stereocenters. The number of ether oxygens (including phenoxy) is 1. The third-order valence-corrected chi connectivity index (χ3v) is 6.68. The van der Waals surface area contributed by atoms with Crippen LogP contribution in [0.1, 0.15) is 70.6 Å². The molecule has 2 saturated carbocycles. The second-order valence-electron chi connectivity index (χ2n) is 8.72. The van der Waals surface area contributed by atoms with Crippen LogP contribution in [0.15, 0.2) is 0 Å². The van der Waals surface area contributed by atoms with Gasteiger partial charge in [-0.05, 0) is 57.3 Å². The molecular weight excluding hydrogens is 390 g/mol. The van der Waals surface area contributed by atoms with Crippen molar-refractivity contribution in [2.45, 2.75) is 82.8 Å². The average Bonchev–Trinajstić information content (AvgIpc) is 3.44. The quantitative estimate of drug-likeness (QED) is 0.368. The summed E-state index contributed by atoms with van der Waals surface area (Å²) < 4.78 is 5.36. The maximum atomic E-state index is 13.3. The molecule has 3 fully saturated rings. The summed E-state index contributed by atoms with van der Waals surface area (Å²) in [5.74, 6) is -1.23. The number of amides is 4. The largest absolute Gasteiger partial charge is 0.446 e. The van der Waals surface area contributed by atoms with Crippen LogP contribution in [0, 0.1) is 11.8 Å². The Bertz CT molecular complexity index is 630. The molecule has 0 bridgehead atoms. The lowest BCUT2D eigenvalue weighted by molar-refractivity contribution is -0.159. The van der Waals surface area contributed by atoms with Crippen LogP contribution in [0.5, 0.6) is 0 Å². The van der Waals surface area contributed by atoms with E-state index >= 15 is 0 Å². The number of hydrogen-bond donors (Lipinski definition) is 2. The number of carbonyl (C=O) groups is 4. The van der Waals surface area contributed by atoms with Crippen molar-refractivity contribution >= 4 is 24.3 Å². The minimum Gasteiger partial charge on any atom is -0.446 e.